The molecule has 0 fully saturated rings. The Morgan fingerprint density at radius 3 is 2.59 bits per heavy atom. The molecular formula is C14H12O2P+. The largest absolute Gasteiger partial charge is 0.507 e. The van der Waals surface area contributed by atoms with Crippen LogP contribution in [0.3, 0.4) is 0 Å². The van der Waals surface area contributed by atoms with Crippen molar-refractivity contribution >= 4 is 13.1 Å². The molecule has 2 aromatic carbocycles. The van der Waals surface area contributed by atoms with Crippen molar-refractivity contribution < 1.29 is 9.67 Å². The highest BCUT2D eigenvalue weighted by Gasteiger charge is 2.22. The molecule has 0 heterocycles. The van der Waals surface area contributed by atoms with Crippen LogP contribution in [0.5, 0.6) is 5.75 Å². The minimum atomic E-state index is -1.44. The maximum absolute atomic E-state index is 12.0. The third-order valence-corrected chi connectivity index (χ3v) is 4.02. The van der Waals surface area contributed by atoms with E-state index in [1.807, 2.05) is 13.0 Å². The van der Waals surface area contributed by atoms with Crippen LogP contribution in [0.4, 0.5) is 0 Å². The molecule has 0 bridgehead atoms. The summed E-state index contributed by atoms with van der Waals surface area (Å²) < 4.78 is 12.0. The first-order valence-corrected chi connectivity index (χ1v) is 6.83. The summed E-state index contributed by atoms with van der Waals surface area (Å²) in [7, 11) is -1.44. The van der Waals surface area contributed by atoms with Crippen LogP contribution in [-0.2, 0) is 4.57 Å². The SMILES string of the molecule is CC[P+](=O)c1cc#ccc1-c1ccccc1O. The van der Waals surface area contributed by atoms with Gasteiger partial charge in [0.15, 0.2) is 0 Å². The van der Waals surface area contributed by atoms with Gasteiger partial charge in [0.05, 0.1) is 0 Å². The van der Waals surface area contributed by atoms with Crippen molar-refractivity contribution in [2.75, 3.05) is 6.16 Å². The number of phenols is 1. The predicted molar refractivity (Wildman–Crippen MR) is 69.0 cm³/mol. The van der Waals surface area contributed by atoms with Gasteiger partial charge in [-0.3, -0.25) is 0 Å². The Hall–Kier alpha value is -1.84. The molecule has 0 saturated heterocycles. The molecule has 1 atom stereocenters. The van der Waals surface area contributed by atoms with Crippen molar-refractivity contribution in [2.45, 2.75) is 6.92 Å². The Labute approximate surface area is 102 Å². The van der Waals surface area contributed by atoms with Crippen LogP contribution in [-0.4, -0.2) is 11.3 Å². The van der Waals surface area contributed by atoms with Gasteiger partial charge in [0, 0.05) is 23.3 Å². The lowest BCUT2D eigenvalue weighted by atomic mass is 10.1. The summed E-state index contributed by atoms with van der Waals surface area (Å²) in [6.07, 6.45) is 0.577. The first-order valence-electron chi connectivity index (χ1n) is 5.39. The number of hydrogen-bond donors (Lipinski definition) is 1. The average molecular weight is 243 g/mol. The van der Waals surface area contributed by atoms with E-state index < -0.39 is 7.80 Å². The molecule has 0 aliphatic heterocycles. The van der Waals surface area contributed by atoms with E-state index in [0.717, 1.165) is 10.9 Å². The maximum atomic E-state index is 12.0. The summed E-state index contributed by atoms with van der Waals surface area (Å²) in [4.78, 5) is 0. The topological polar surface area (TPSA) is 37.3 Å². The second-order valence-electron chi connectivity index (χ2n) is 3.59. The van der Waals surface area contributed by atoms with Crippen LogP contribution in [0.25, 0.3) is 11.1 Å². The summed E-state index contributed by atoms with van der Waals surface area (Å²) in [5, 5.41) is 10.5. The Morgan fingerprint density at radius 1 is 1.18 bits per heavy atom. The molecule has 0 radical (unpaired) electrons. The van der Waals surface area contributed by atoms with Crippen molar-refractivity contribution in [2.24, 2.45) is 0 Å². The highest BCUT2D eigenvalue weighted by atomic mass is 31.1. The van der Waals surface area contributed by atoms with Gasteiger partial charge in [-0.1, -0.05) is 34.9 Å². The highest BCUT2D eigenvalue weighted by molar-refractivity contribution is 7.53. The van der Waals surface area contributed by atoms with Gasteiger partial charge < -0.3 is 5.11 Å². The lowest BCUT2D eigenvalue weighted by molar-refractivity contribution is 0.477. The second kappa shape index (κ2) is 4.99. The molecule has 0 aliphatic rings. The van der Waals surface area contributed by atoms with E-state index >= 15 is 0 Å². The molecule has 84 valence electrons. The molecule has 0 aromatic heterocycles. The van der Waals surface area contributed by atoms with Gasteiger partial charge in [-0.15, -0.1) is 0 Å². The normalized spacial score (nSPS) is 10.8. The molecule has 0 amide bonds. The second-order valence-corrected chi connectivity index (χ2v) is 5.46. The predicted octanol–water partition coefficient (Wildman–Crippen LogP) is 3.13. The third-order valence-electron chi connectivity index (χ3n) is 2.53. The molecule has 1 unspecified atom stereocenters. The third kappa shape index (κ3) is 2.30. The first-order chi connectivity index (χ1) is 8.24. The van der Waals surface area contributed by atoms with Crippen LogP contribution < -0.4 is 5.30 Å². The van der Waals surface area contributed by atoms with Gasteiger partial charge in [-0.25, -0.2) is 0 Å². The molecule has 2 aromatic rings. The van der Waals surface area contributed by atoms with E-state index in [4.69, 9.17) is 0 Å². The Bertz CT molecular complexity index is 549. The van der Waals surface area contributed by atoms with Crippen LogP contribution in [0, 0.1) is 12.1 Å². The molecule has 0 aliphatic carbocycles. The summed E-state index contributed by atoms with van der Waals surface area (Å²) in [5.74, 6) is 0.188. The van der Waals surface area contributed by atoms with E-state index in [1.54, 1.807) is 30.3 Å². The van der Waals surface area contributed by atoms with Gasteiger partial charge in [-0.2, -0.15) is 0 Å². The van der Waals surface area contributed by atoms with Crippen LogP contribution in [0.15, 0.2) is 36.4 Å². The molecule has 3 heteroatoms. The fourth-order valence-electron chi connectivity index (χ4n) is 1.67. The zero-order valence-electron chi connectivity index (χ0n) is 9.47. The first kappa shape index (κ1) is 11.6. The fraction of sp³-hybridized carbons (Fsp3) is 0.143. The van der Waals surface area contributed by atoms with Crippen molar-refractivity contribution in [3.8, 4) is 16.9 Å². The molecule has 1 N–H and O–H groups in total. The molecule has 17 heavy (non-hydrogen) atoms. The van der Waals surface area contributed by atoms with Crippen LogP contribution >= 0.6 is 7.80 Å². The minimum Gasteiger partial charge on any atom is -0.507 e. The van der Waals surface area contributed by atoms with E-state index in [9.17, 15) is 9.67 Å². The van der Waals surface area contributed by atoms with Gasteiger partial charge >= 0.3 is 7.80 Å². The van der Waals surface area contributed by atoms with Crippen molar-refractivity contribution in [1.82, 2.24) is 0 Å². The monoisotopic (exact) mass is 243 g/mol. The van der Waals surface area contributed by atoms with Gasteiger partial charge in [-0.05, 0) is 13.0 Å². The van der Waals surface area contributed by atoms with Crippen molar-refractivity contribution in [1.29, 1.82) is 0 Å². The lowest BCUT2D eigenvalue weighted by Crippen LogP contribution is -2.01. The van der Waals surface area contributed by atoms with Crippen molar-refractivity contribution in [3.05, 3.63) is 48.5 Å². The number of phenolic OH excluding ortho intramolecular Hbond substituents is 1. The van der Waals surface area contributed by atoms with Gasteiger partial charge in [0.1, 0.15) is 11.9 Å². The van der Waals surface area contributed by atoms with E-state index in [2.05, 4.69) is 12.1 Å². The smallest absolute Gasteiger partial charge is 0.377 e. The molecular weight excluding hydrogens is 231 g/mol. The van der Waals surface area contributed by atoms with E-state index in [-0.39, 0.29) is 5.75 Å². The van der Waals surface area contributed by atoms with Crippen LogP contribution in [0.2, 0.25) is 0 Å². The molecule has 0 spiro atoms. The molecule has 0 saturated carbocycles. The number of aromatic hydroxyl groups is 1. The quantitative estimate of drug-likeness (QED) is 0.841. The summed E-state index contributed by atoms with van der Waals surface area (Å²) in [6, 6.07) is 16.1. The molecule has 2 nitrogen and oxygen atoms in total. The fourth-order valence-corrected chi connectivity index (χ4v) is 2.67. The average Bonchev–Trinajstić information content (AvgIpc) is 2.38. The maximum Gasteiger partial charge on any atom is 0.377 e. The summed E-state index contributed by atoms with van der Waals surface area (Å²) >= 11 is 0. The Morgan fingerprint density at radius 2 is 1.88 bits per heavy atom. The molecule has 2 rings (SSSR count). The van der Waals surface area contributed by atoms with Crippen molar-refractivity contribution in [3.63, 3.8) is 0 Å². The summed E-state index contributed by atoms with van der Waals surface area (Å²) in [6.45, 7) is 1.88. The highest BCUT2D eigenvalue weighted by Crippen LogP contribution is 2.31. The zero-order valence-corrected chi connectivity index (χ0v) is 10.4. The lowest BCUT2D eigenvalue weighted by Gasteiger charge is -2.03. The summed E-state index contributed by atoms with van der Waals surface area (Å²) in [5.41, 5.74) is 1.45. The van der Waals surface area contributed by atoms with E-state index in [0.29, 0.717) is 11.7 Å². The standard InChI is InChI=1S/C14H11O2P/c1-2-17(16)14-10-6-4-8-12(14)11-7-3-5-9-13(11)15/h3,5,7-10H,2H2,1H3/p+1. The Balaban J connectivity index is 2.60. The number of para-hydroxylation sites is 1. The number of hydrogen-bond acceptors (Lipinski definition) is 2. The minimum absolute atomic E-state index is 0.188. The van der Waals surface area contributed by atoms with Crippen LogP contribution in [0.1, 0.15) is 6.92 Å². The zero-order chi connectivity index (χ0) is 12.3. The van der Waals surface area contributed by atoms with E-state index in [1.165, 1.54) is 0 Å². The van der Waals surface area contributed by atoms with Gasteiger partial charge in [0.25, 0.3) is 0 Å². The van der Waals surface area contributed by atoms with Gasteiger partial charge in [0.2, 0.25) is 5.30 Å². The number of benzene rings is 1. The Kier molecular flexibility index (Phi) is 3.42. The number of rotatable bonds is 3.